The summed E-state index contributed by atoms with van der Waals surface area (Å²) in [5.41, 5.74) is 0.760. The van der Waals surface area contributed by atoms with Crippen molar-refractivity contribution in [3.8, 4) is 0 Å². The maximum Gasteiger partial charge on any atom is 0.357 e. The molecule has 1 aliphatic carbocycles. The van der Waals surface area contributed by atoms with Crippen LogP contribution in [-0.4, -0.2) is 20.3 Å². The Kier molecular flexibility index (Phi) is 2.67. The summed E-state index contributed by atoms with van der Waals surface area (Å²) in [6.07, 6.45) is 1.27. The monoisotopic (exact) mass is 238 g/mol. The number of hydrogen-bond donors (Lipinski definition) is 1. The van der Waals surface area contributed by atoms with Crippen molar-refractivity contribution in [2.24, 2.45) is 0 Å². The lowest BCUT2D eigenvalue weighted by atomic mass is 9.94. The van der Waals surface area contributed by atoms with Crippen LogP contribution >= 0.6 is 0 Å². The summed E-state index contributed by atoms with van der Waals surface area (Å²) in [5, 5.41) is 0. The van der Waals surface area contributed by atoms with Crippen molar-refractivity contribution < 1.29 is 22.5 Å². The second-order valence-corrected chi connectivity index (χ2v) is 3.66. The molecule has 0 saturated heterocycles. The first kappa shape index (κ1) is 10.7. The Balaban J connectivity index is 2.51. The molecule has 1 aliphatic rings. The fourth-order valence-electron chi connectivity index (χ4n) is 1.41. The van der Waals surface area contributed by atoms with Crippen LogP contribution in [0.5, 0.6) is 0 Å². The molecule has 82 valence electrons. The number of fused-ring (bicyclic) bond motifs is 1. The highest BCUT2D eigenvalue weighted by molar-refractivity contribution is 7.74. The molecule has 2 rings (SSSR count). The molecule has 16 heavy (non-hydrogen) atoms. The van der Waals surface area contributed by atoms with Crippen LogP contribution in [0.3, 0.4) is 0 Å². The molecular formula is C10H6O5S. The lowest BCUT2D eigenvalue weighted by Crippen LogP contribution is -2.23. The molecule has 1 atom stereocenters. The molecule has 1 aromatic rings. The summed E-state index contributed by atoms with van der Waals surface area (Å²) in [5.74, 6) is -2.07. The SMILES string of the molecule is O=C1C(=O)c2ccccc2C=C1OS(=O)O. The Morgan fingerprint density at radius 3 is 2.50 bits per heavy atom. The van der Waals surface area contributed by atoms with Gasteiger partial charge in [0.1, 0.15) is 0 Å². The van der Waals surface area contributed by atoms with Gasteiger partial charge in [-0.15, -0.1) is 0 Å². The fraction of sp³-hybridized carbons (Fsp3) is 0. The number of carbonyl (C=O) groups excluding carboxylic acids is 2. The molecule has 0 aliphatic heterocycles. The average Bonchev–Trinajstić information content (AvgIpc) is 2.25. The van der Waals surface area contributed by atoms with E-state index in [1.807, 2.05) is 0 Å². The highest BCUT2D eigenvalue weighted by Gasteiger charge is 2.29. The van der Waals surface area contributed by atoms with Crippen molar-refractivity contribution in [1.29, 1.82) is 0 Å². The zero-order chi connectivity index (χ0) is 11.7. The Labute approximate surface area is 93.2 Å². The second-order valence-electron chi connectivity index (χ2n) is 3.05. The van der Waals surface area contributed by atoms with Gasteiger partial charge in [0.05, 0.1) is 0 Å². The van der Waals surface area contributed by atoms with Gasteiger partial charge in [-0.1, -0.05) is 24.3 Å². The van der Waals surface area contributed by atoms with Gasteiger partial charge < -0.3 is 4.18 Å². The number of allylic oxidation sites excluding steroid dienone is 1. The first-order chi connectivity index (χ1) is 7.59. The second kappa shape index (κ2) is 3.99. The Morgan fingerprint density at radius 2 is 1.81 bits per heavy atom. The predicted octanol–water partition coefficient (Wildman–Crippen LogP) is 0.946. The molecule has 0 heterocycles. The number of Topliss-reactive ketones (excluding diaryl/α,β-unsaturated/α-hetero) is 2. The lowest BCUT2D eigenvalue weighted by molar-refractivity contribution is -0.113. The van der Waals surface area contributed by atoms with Crippen LogP contribution in [0, 0.1) is 0 Å². The van der Waals surface area contributed by atoms with Crippen LogP contribution in [0.2, 0.25) is 0 Å². The smallest absolute Gasteiger partial charge is 0.357 e. The van der Waals surface area contributed by atoms with E-state index in [0.717, 1.165) is 0 Å². The number of rotatable bonds is 2. The summed E-state index contributed by atoms with van der Waals surface area (Å²) in [4.78, 5) is 23.0. The minimum absolute atomic E-state index is 0.267. The fourth-order valence-corrected chi connectivity index (χ4v) is 1.69. The normalized spacial score (nSPS) is 16.4. The van der Waals surface area contributed by atoms with E-state index in [4.69, 9.17) is 4.55 Å². The standard InChI is InChI=1S/C10H6O5S/c11-9-7-4-2-1-3-6(7)5-8(10(9)12)15-16(13)14/h1-5H,(H,13,14). The van der Waals surface area contributed by atoms with Gasteiger partial charge >= 0.3 is 11.4 Å². The topological polar surface area (TPSA) is 80.7 Å². The molecule has 0 saturated carbocycles. The summed E-state index contributed by atoms with van der Waals surface area (Å²) >= 11 is -2.62. The first-order valence-corrected chi connectivity index (χ1v) is 5.31. The number of carbonyl (C=O) groups is 2. The molecule has 0 spiro atoms. The molecule has 0 fully saturated rings. The van der Waals surface area contributed by atoms with Crippen molar-refractivity contribution >= 4 is 29.0 Å². The molecule has 0 radical (unpaired) electrons. The van der Waals surface area contributed by atoms with Crippen LogP contribution in [0.4, 0.5) is 0 Å². The first-order valence-electron chi connectivity index (χ1n) is 4.28. The van der Waals surface area contributed by atoms with E-state index in [9.17, 15) is 13.8 Å². The highest BCUT2D eigenvalue weighted by atomic mass is 32.2. The largest absolute Gasteiger partial charge is 0.376 e. The molecule has 0 aromatic heterocycles. The third kappa shape index (κ3) is 1.80. The molecule has 6 heteroatoms. The van der Waals surface area contributed by atoms with Crippen molar-refractivity contribution in [1.82, 2.24) is 0 Å². The van der Waals surface area contributed by atoms with E-state index in [2.05, 4.69) is 4.18 Å². The quantitative estimate of drug-likeness (QED) is 0.612. The van der Waals surface area contributed by atoms with E-state index in [1.165, 1.54) is 12.1 Å². The molecule has 1 N–H and O–H groups in total. The Bertz CT molecular complexity index is 532. The van der Waals surface area contributed by atoms with Gasteiger partial charge in [0.25, 0.3) is 5.78 Å². The van der Waals surface area contributed by atoms with Gasteiger partial charge in [-0.3, -0.25) is 14.1 Å². The van der Waals surface area contributed by atoms with Gasteiger partial charge in [-0.05, 0) is 11.6 Å². The maximum atomic E-state index is 11.6. The molecule has 0 amide bonds. The Hall–Kier alpha value is -1.79. The molecule has 5 nitrogen and oxygen atoms in total. The van der Waals surface area contributed by atoms with Crippen molar-refractivity contribution in [3.05, 3.63) is 41.2 Å². The minimum Gasteiger partial charge on any atom is -0.376 e. The van der Waals surface area contributed by atoms with Crippen LogP contribution < -0.4 is 0 Å². The van der Waals surface area contributed by atoms with Crippen LogP contribution in [0.25, 0.3) is 6.08 Å². The molecular weight excluding hydrogens is 232 g/mol. The summed E-state index contributed by atoms with van der Waals surface area (Å²) in [6, 6.07) is 6.45. The van der Waals surface area contributed by atoms with E-state index >= 15 is 0 Å². The van der Waals surface area contributed by atoms with Gasteiger partial charge in [-0.2, -0.15) is 4.21 Å². The van der Waals surface area contributed by atoms with E-state index in [-0.39, 0.29) is 5.56 Å². The van der Waals surface area contributed by atoms with Crippen molar-refractivity contribution in [2.75, 3.05) is 0 Å². The van der Waals surface area contributed by atoms with Gasteiger partial charge in [0.15, 0.2) is 5.76 Å². The van der Waals surface area contributed by atoms with Crippen LogP contribution in [0.15, 0.2) is 30.0 Å². The zero-order valence-corrected chi connectivity index (χ0v) is 8.69. The third-order valence-electron chi connectivity index (χ3n) is 2.08. The Morgan fingerprint density at radius 1 is 1.12 bits per heavy atom. The summed E-state index contributed by atoms with van der Waals surface area (Å²) < 4.78 is 23.3. The van der Waals surface area contributed by atoms with Crippen molar-refractivity contribution in [2.45, 2.75) is 0 Å². The lowest BCUT2D eigenvalue weighted by Gasteiger charge is -2.12. The van der Waals surface area contributed by atoms with Gasteiger partial charge in [-0.25, -0.2) is 0 Å². The molecule has 1 aromatic carbocycles. The third-order valence-corrected chi connectivity index (χ3v) is 2.41. The summed E-state index contributed by atoms with van der Waals surface area (Å²) in [7, 11) is 0. The minimum atomic E-state index is -2.62. The zero-order valence-electron chi connectivity index (χ0n) is 7.88. The average molecular weight is 238 g/mol. The van der Waals surface area contributed by atoms with E-state index in [1.54, 1.807) is 18.2 Å². The number of ketones is 2. The van der Waals surface area contributed by atoms with Gasteiger partial charge in [0.2, 0.25) is 5.78 Å². The number of benzene rings is 1. The summed E-state index contributed by atoms with van der Waals surface area (Å²) in [6.45, 7) is 0. The van der Waals surface area contributed by atoms with Crippen LogP contribution in [0.1, 0.15) is 15.9 Å². The molecule has 1 unspecified atom stereocenters. The van der Waals surface area contributed by atoms with Gasteiger partial charge in [0, 0.05) is 5.56 Å². The number of hydrogen-bond acceptors (Lipinski definition) is 4. The van der Waals surface area contributed by atoms with E-state index in [0.29, 0.717) is 5.56 Å². The molecule has 0 bridgehead atoms. The predicted molar refractivity (Wildman–Crippen MR) is 55.6 cm³/mol. The maximum absolute atomic E-state index is 11.6. The highest BCUT2D eigenvalue weighted by Crippen LogP contribution is 2.22. The van der Waals surface area contributed by atoms with Crippen molar-refractivity contribution in [3.63, 3.8) is 0 Å². The van der Waals surface area contributed by atoms with Crippen LogP contribution in [-0.2, 0) is 20.3 Å². The van der Waals surface area contributed by atoms with E-state index < -0.39 is 28.7 Å².